The Kier molecular flexibility index (Phi) is 3.04. The number of thiocarbonyl (C=S) groups is 1. The summed E-state index contributed by atoms with van der Waals surface area (Å²) in [5.74, 6) is 0. The zero-order valence-corrected chi connectivity index (χ0v) is 14.2. The fraction of sp³-hybridized carbons (Fsp3) is 0.222. The molecular formula is C18H18N4S. The number of fused-ring (bicyclic) bond motifs is 2. The number of rotatable bonds is 1. The molecule has 0 bridgehead atoms. The number of nitrogens with zero attached hydrogens (tertiary/aromatic N) is 3. The summed E-state index contributed by atoms with van der Waals surface area (Å²) >= 11 is 5.69. The van der Waals surface area contributed by atoms with E-state index in [1.807, 2.05) is 36.3 Å². The summed E-state index contributed by atoms with van der Waals surface area (Å²) in [6.07, 6.45) is 0. The van der Waals surface area contributed by atoms with Crippen LogP contribution in [0.25, 0.3) is 21.8 Å². The first kappa shape index (κ1) is 14.4. The van der Waals surface area contributed by atoms with Crippen LogP contribution in [0.4, 0.5) is 5.69 Å². The molecule has 0 atom stereocenters. The number of benzene rings is 2. The van der Waals surface area contributed by atoms with Gasteiger partial charge in [-0.3, -0.25) is 9.91 Å². The summed E-state index contributed by atoms with van der Waals surface area (Å²) < 4.78 is 0. The van der Waals surface area contributed by atoms with Crippen molar-refractivity contribution in [3.63, 3.8) is 0 Å². The van der Waals surface area contributed by atoms with Gasteiger partial charge in [0.25, 0.3) is 0 Å². The molecule has 0 saturated carbocycles. The predicted molar refractivity (Wildman–Crippen MR) is 99.3 cm³/mol. The van der Waals surface area contributed by atoms with E-state index in [2.05, 4.69) is 48.4 Å². The van der Waals surface area contributed by atoms with E-state index in [9.17, 15) is 0 Å². The third kappa shape index (κ3) is 2.08. The molecular weight excluding hydrogens is 304 g/mol. The Bertz CT molecular complexity index is 881. The number of hydrogen-bond acceptors (Lipinski definition) is 3. The van der Waals surface area contributed by atoms with Gasteiger partial charge in [0, 0.05) is 17.8 Å². The lowest BCUT2D eigenvalue weighted by Gasteiger charge is -2.32. The molecule has 1 saturated heterocycles. The molecule has 2 aromatic carbocycles. The first-order valence-corrected chi connectivity index (χ1v) is 8.03. The molecule has 0 spiro atoms. The van der Waals surface area contributed by atoms with Crippen LogP contribution in [0.1, 0.15) is 13.8 Å². The van der Waals surface area contributed by atoms with E-state index >= 15 is 0 Å². The van der Waals surface area contributed by atoms with Crippen molar-refractivity contribution >= 4 is 44.8 Å². The molecule has 5 heteroatoms. The fourth-order valence-corrected chi connectivity index (χ4v) is 3.70. The van der Waals surface area contributed by atoms with E-state index in [0.29, 0.717) is 0 Å². The van der Waals surface area contributed by atoms with Crippen molar-refractivity contribution < 1.29 is 0 Å². The van der Waals surface area contributed by atoms with Gasteiger partial charge < -0.3 is 0 Å². The Balaban J connectivity index is 2.13. The van der Waals surface area contributed by atoms with Crippen molar-refractivity contribution in [2.75, 3.05) is 11.9 Å². The molecule has 4 nitrogen and oxygen atoms in total. The van der Waals surface area contributed by atoms with Crippen molar-refractivity contribution in [3.8, 4) is 0 Å². The van der Waals surface area contributed by atoms with Crippen molar-refractivity contribution in [2.24, 2.45) is 0 Å². The van der Waals surface area contributed by atoms with E-state index in [1.54, 1.807) is 0 Å². The third-order valence-electron chi connectivity index (χ3n) is 4.26. The minimum absolute atomic E-state index is 0.307. The van der Waals surface area contributed by atoms with Gasteiger partial charge in [-0.05, 0) is 38.2 Å². The highest BCUT2D eigenvalue weighted by Gasteiger charge is 2.40. The van der Waals surface area contributed by atoms with E-state index in [-0.39, 0.29) is 5.66 Å². The number of aromatic nitrogens is 1. The van der Waals surface area contributed by atoms with Crippen LogP contribution in [0.2, 0.25) is 0 Å². The zero-order valence-electron chi connectivity index (χ0n) is 13.4. The molecule has 0 aliphatic carbocycles. The minimum atomic E-state index is -0.307. The molecule has 1 N–H and O–H groups in total. The van der Waals surface area contributed by atoms with Gasteiger partial charge in [-0.2, -0.15) is 0 Å². The molecule has 0 unspecified atom stereocenters. The van der Waals surface area contributed by atoms with Gasteiger partial charge in [0.2, 0.25) is 0 Å². The van der Waals surface area contributed by atoms with Crippen molar-refractivity contribution in [1.82, 2.24) is 15.4 Å². The summed E-state index contributed by atoms with van der Waals surface area (Å²) in [5.41, 5.74) is 6.18. The number of hydrazine groups is 1. The maximum absolute atomic E-state index is 5.69. The van der Waals surface area contributed by atoms with E-state index in [4.69, 9.17) is 17.2 Å². The summed E-state index contributed by atoms with van der Waals surface area (Å²) in [5, 5.41) is 4.88. The number of para-hydroxylation sites is 2. The summed E-state index contributed by atoms with van der Waals surface area (Å²) in [7, 11) is 1.95. The second-order valence-corrected chi connectivity index (χ2v) is 6.71. The van der Waals surface area contributed by atoms with Gasteiger partial charge in [0.15, 0.2) is 5.11 Å². The van der Waals surface area contributed by atoms with Crippen LogP contribution >= 0.6 is 12.2 Å². The lowest BCUT2D eigenvalue weighted by atomic mass is 10.0. The van der Waals surface area contributed by atoms with E-state index < -0.39 is 0 Å². The van der Waals surface area contributed by atoms with Gasteiger partial charge in [0.1, 0.15) is 5.66 Å². The van der Waals surface area contributed by atoms with Crippen LogP contribution in [0.5, 0.6) is 0 Å². The van der Waals surface area contributed by atoms with Gasteiger partial charge >= 0.3 is 0 Å². The topological polar surface area (TPSA) is 31.4 Å². The Morgan fingerprint density at radius 2 is 1.48 bits per heavy atom. The lowest BCUT2D eigenvalue weighted by Crippen LogP contribution is -2.47. The molecule has 0 amide bonds. The van der Waals surface area contributed by atoms with E-state index in [0.717, 1.165) is 32.6 Å². The SMILES string of the molecule is CN1NC(C)(C)N(c2c3ccccc3nc3ccccc23)C1=S. The molecule has 1 fully saturated rings. The highest BCUT2D eigenvalue weighted by molar-refractivity contribution is 7.80. The first-order chi connectivity index (χ1) is 11.0. The second-order valence-electron chi connectivity index (χ2n) is 6.34. The largest absolute Gasteiger partial charge is 0.297 e. The second kappa shape index (κ2) is 4.88. The molecule has 4 rings (SSSR count). The number of nitrogens with one attached hydrogen (secondary N) is 1. The fourth-order valence-electron chi connectivity index (χ4n) is 3.33. The highest BCUT2D eigenvalue weighted by Crippen LogP contribution is 2.38. The maximum Gasteiger partial charge on any atom is 0.192 e. The zero-order chi connectivity index (χ0) is 16.2. The maximum atomic E-state index is 5.69. The van der Waals surface area contributed by atoms with Crippen molar-refractivity contribution in [2.45, 2.75) is 19.5 Å². The Morgan fingerprint density at radius 3 is 1.96 bits per heavy atom. The monoisotopic (exact) mass is 322 g/mol. The first-order valence-electron chi connectivity index (χ1n) is 7.62. The average molecular weight is 322 g/mol. The summed E-state index contributed by atoms with van der Waals surface area (Å²) in [6, 6.07) is 16.5. The molecule has 1 aromatic heterocycles. The lowest BCUT2D eigenvalue weighted by molar-refractivity contribution is 0.298. The van der Waals surface area contributed by atoms with Gasteiger partial charge in [-0.25, -0.2) is 10.4 Å². The quantitative estimate of drug-likeness (QED) is 0.546. The predicted octanol–water partition coefficient (Wildman–Crippen LogP) is 3.67. The number of hydrogen-bond donors (Lipinski definition) is 1. The third-order valence-corrected chi connectivity index (χ3v) is 4.72. The Hall–Kier alpha value is -2.24. The Labute approximate surface area is 140 Å². The Morgan fingerprint density at radius 1 is 0.957 bits per heavy atom. The van der Waals surface area contributed by atoms with Crippen LogP contribution in [0, 0.1) is 0 Å². The normalized spacial score (nSPS) is 17.4. The average Bonchev–Trinajstić information content (AvgIpc) is 2.73. The van der Waals surface area contributed by atoms with Gasteiger partial charge in [0.05, 0.1) is 16.7 Å². The van der Waals surface area contributed by atoms with Crippen LogP contribution in [0.15, 0.2) is 48.5 Å². The summed E-state index contributed by atoms with van der Waals surface area (Å²) in [6.45, 7) is 4.26. The summed E-state index contributed by atoms with van der Waals surface area (Å²) in [4.78, 5) is 6.99. The number of anilines is 1. The van der Waals surface area contributed by atoms with Crippen molar-refractivity contribution in [1.29, 1.82) is 0 Å². The van der Waals surface area contributed by atoms with Crippen LogP contribution in [-0.4, -0.2) is 27.8 Å². The molecule has 116 valence electrons. The molecule has 1 aliphatic heterocycles. The van der Waals surface area contributed by atoms with Crippen LogP contribution in [-0.2, 0) is 0 Å². The molecule has 1 aliphatic rings. The van der Waals surface area contributed by atoms with Crippen LogP contribution < -0.4 is 10.3 Å². The van der Waals surface area contributed by atoms with Crippen molar-refractivity contribution in [3.05, 3.63) is 48.5 Å². The van der Waals surface area contributed by atoms with E-state index in [1.165, 1.54) is 0 Å². The smallest absolute Gasteiger partial charge is 0.192 e. The standard InChI is InChI=1S/C18H18N4S/c1-18(2)20-21(3)17(23)22(18)16-12-8-4-6-10-14(12)19-15-11-7-5-9-13(15)16/h4-11,20H,1-3H3. The highest BCUT2D eigenvalue weighted by atomic mass is 32.1. The number of pyridine rings is 1. The molecule has 2 heterocycles. The molecule has 0 radical (unpaired) electrons. The molecule has 3 aromatic rings. The van der Waals surface area contributed by atoms with Crippen LogP contribution in [0.3, 0.4) is 0 Å². The minimum Gasteiger partial charge on any atom is -0.297 e. The van der Waals surface area contributed by atoms with Gasteiger partial charge in [-0.15, -0.1) is 0 Å². The molecule has 23 heavy (non-hydrogen) atoms. The van der Waals surface area contributed by atoms with Gasteiger partial charge in [-0.1, -0.05) is 36.4 Å².